The molecule has 1 amide bonds. The summed E-state index contributed by atoms with van der Waals surface area (Å²) in [5, 5.41) is 8.06. The van der Waals surface area contributed by atoms with E-state index in [4.69, 9.17) is 11.1 Å². The maximum Gasteiger partial charge on any atom is 0.433 e. The number of halogens is 4. The minimum Gasteiger partial charge on any atom is -0.403 e. The van der Waals surface area contributed by atoms with Gasteiger partial charge in [0.1, 0.15) is 11.5 Å². The predicted octanol–water partition coefficient (Wildman–Crippen LogP) is 1.75. The fraction of sp³-hybridized carbons (Fsp3) is 0.692. The first-order valence-electron chi connectivity index (χ1n) is 6.94. The number of likely N-dealkylation sites (N-methyl/N-ethyl adjacent to an activating group) is 1. The van der Waals surface area contributed by atoms with Crippen molar-refractivity contribution in [1.82, 2.24) is 9.80 Å². The van der Waals surface area contributed by atoms with Gasteiger partial charge in [0.2, 0.25) is 0 Å². The maximum atomic E-state index is 14.6. The lowest BCUT2D eigenvalue weighted by Crippen LogP contribution is -2.58. The molecule has 5 nitrogen and oxygen atoms in total. The van der Waals surface area contributed by atoms with Crippen molar-refractivity contribution in [1.29, 1.82) is 5.41 Å². The normalized spacial score (nSPS) is 30.3. The third kappa shape index (κ3) is 2.42. The number of carbonyl (C=O) groups is 1. The van der Waals surface area contributed by atoms with E-state index in [1.54, 1.807) is 0 Å². The summed E-state index contributed by atoms with van der Waals surface area (Å²) in [4.78, 5) is 13.5. The van der Waals surface area contributed by atoms with Crippen molar-refractivity contribution in [2.24, 2.45) is 5.73 Å². The molecule has 0 aromatic heterocycles. The van der Waals surface area contributed by atoms with Gasteiger partial charge in [0.25, 0.3) is 11.6 Å². The van der Waals surface area contributed by atoms with Crippen LogP contribution in [0.15, 0.2) is 11.9 Å². The number of nitrogens with zero attached hydrogens (tertiary/aromatic N) is 2. The molecule has 2 rings (SSSR count). The lowest BCUT2D eigenvalue weighted by Gasteiger charge is -2.34. The molecule has 0 bridgehead atoms. The zero-order valence-electron chi connectivity index (χ0n) is 12.1. The van der Waals surface area contributed by atoms with Crippen LogP contribution in [0.5, 0.6) is 0 Å². The predicted molar refractivity (Wildman–Crippen MR) is 71.6 cm³/mol. The minimum absolute atomic E-state index is 0.222. The van der Waals surface area contributed by atoms with E-state index in [1.807, 2.05) is 0 Å². The average Bonchev–Trinajstić information content (AvgIpc) is 2.94. The van der Waals surface area contributed by atoms with Gasteiger partial charge in [0.05, 0.1) is 6.54 Å². The van der Waals surface area contributed by atoms with Crippen LogP contribution in [-0.4, -0.2) is 53.0 Å². The number of rotatable bonds is 1. The van der Waals surface area contributed by atoms with Gasteiger partial charge in [-0.2, -0.15) is 13.2 Å². The van der Waals surface area contributed by atoms with Gasteiger partial charge in [-0.15, -0.1) is 0 Å². The number of nitrogens with one attached hydrogen (secondary N) is 1. The van der Waals surface area contributed by atoms with E-state index in [9.17, 15) is 22.4 Å². The highest BCUT2D eigenvalue weighted by molar-refractivity contribution is 6.03. The summed E-state index contributed by atoms with van der Waals surface area (Å²) >= 11 is 0. The SMILES string of the molecule is CN1C(=O)C(F)(C(F)(F)F)CN(C2CCCC2)C(=N)C1=CN. The van der Waals surface area contributed by atoms with E-state index in [1.165, 1.54) is 0 Å². The van der Waals surface area contributed by atoms with Crippen molar-refractivity contribution in [3.8, 4) is 0 Å². The lowest BCUT2D eigenvalue weighted by molar-refractivity contribution is -0.232. The van der Waals surface area contributed by atoms with Gasteiger partial charge in [-0.05, 0) is 12.8 Å². The van der Waals surface area contributed by atoms with Crippen molar-refractivity contribution >= 4 is 11.7 Å². The van der Waals surface area contributed by atoms with Crippen LogP contribution in [0.1, 0.15) is 25.7 Å². The Bertz CT molecular complexity index is 513. The summed E-state index contributed by atoms with van der Waals surface area (Å²) < 4.78 is 54.2. The molecule has 3 N–H and O–H groups in total. The quantitative estimate of drug-likeness (QED) is 0.722. The van der Waals surface area contributed by atoms with E-state index in [2.05, 4.69) is 0 Å². The molecule has 2 aliphatic rings. The molecule has 1 saturated heterocycles. The average molecular weight is 322 g/mol. The fourth-order valence-electron chi connectivity index (χ4n) is 2.99. The van der Waals surface area contributed by atoms with Crippen LogP contribution in [0.2, 0.25) is 0 Å². The molecule has 1 heterocycles. The Morgan fingerprint density at radius 2 is 1.91 bits per heavy atom. The zero-order valence-corrected chi connectivity index (χ0v) is 12.1. The summed E-state index contributed by atoms with van der Waals surface area (Å²) in [5.74, 6) is -2.10. The van der Waals surface area contributed by atoms with Gasteiger partial charge in [-0.3, -0.25) is 10.2 Å². The maximum absolute atomic E-state index is 14.6. The lowest BCUT2D eigenvalue weighted by atomic mass is 10.0. The molecule has 0 aromatic carbocycles. The van der Waals surface area contributed by atoms with Crippen molar-refractivity contribution in [3.05, 3.63) is 11.9 Å². The van der Waals surface area contributed by atoms with Gasteiger partial charge >= 0.3 is 6.18 Å². The Kier molecular flexibility index (Phi) is 4.09. The van der Waals surface area contributed by atoms with Gasteiger partial charge < -0.3 is 15.5 Å². The first-order chi connectivity index (χ1) is 10.1. The smallest absolute Gasteiger partial charge is 0.403 e. The number of nitrogens with two attached hydrogens (primary N) is 1. The number of amides is 1. The summed E-state index contributed by atoms with van der Waals surface area (Å²) in [6.07, 6.45) is -1.78. The molecular weight excluding hydrogens is 304 g/mol. The van der Waals surface area contributed by atoms with Gasteiger partial charge in [-0.1, -0.05) is 12.8 Å². The number of carbonyl (C=O) groups excluding carboxylic acids is 1. The van der Waals surface area contributed by atoms with Crippen LogP contribution in [0, 0.1) is 5.41 Å². The second-order valence-electron chi connectivity index (χ2n) is 5.63. The van der Waals surface area contributed by atoms with Crippen LogP contribution in [0.3, 0.4) is 0 Å². The number of hydrogen-bond donors (Lipinski definition) is 2. The number of amidine groups is 1. The van der Waals surface area contributed by atoms with E-state index >= 15 is 0 Å². The molecule has 0 spiro atoms. The van der Waals surface area contributed by atoms with Crippen LogP contribution < -0.4 is 5.73 Å². The third-order valence-electron chi connectivity index (χ3n) is 4.30. The van der Waals surface area contributed by atoms with E-state index < -0.39 is 24.3 Å². The molecule has 0 aromatic rings. The molecule has 1 aliphatic heterocycles. The molecule has 9 heteroatoms. The van der Waals surface area contributed by atoms with Crippen molar-refractivity contribution < 1.29 is 22.4 Å². The molecule has 22 heavy (non-hydrogen) atoms. The zero-order chi connectivity index (χ0) is 16.7. The van der Waals surface area contributed by atoms with Gasteiger partial charge in [-0.25, -0.2) is 4.39 Å². The summed E-state index contributed by atoms with van der Waals surface area (Å²) in [7, 11) is 0.994. The second kappa shape index (κ2) is 5.44. The first-order valence-corrected chi connectivity index (χ1v) is 6.94. The summed E-state index contributed by atoms with van der Waals surface area (Å²) in [5.41, 5.74) is 1.07. The van der Waals surface area contributed by atoms with E-state index in [0.717, 1.165) is 31.0 Å². The molecule has 1 atom stereocenters. The molecule has 1 unspecified atom stereocenters. The molecule has 2 fully saturated rings. The van der Waals surface area contributed by atoms with Crippen LogP contribution >= 0.6 is 0 Å². The highest BCUT2D eigenvalue weighted by Gasteiger charge is 2.65. The Morgan fingerprint density at radius 3 is 2.36 bits per heavy atom. The standard InChI is InChI=1S/C13H18F4N4O/c1-20-9(6-18)10(19)21(8-4-2-3-5-8)7-12(14,11(20)22)13(15,16)17/h6,8,19H,2-5,7,18H2,1H3. The van der Waals surface area contributed by atoms with Crippen molar-refractivity contribution in [3.63, 3.8) is 0 Å². The summed E-state index contributed by atoms with van der Waals surface area (Å²) in [6.45, 7) is -1.21. The number of alkyl halides is 4. The molecule has 1 saturated carbocycles. The van der Waals surface area contributed by atoms with E-state index in [0.29, 0.717) is 17.7 Å². The van der Waals surface area contributed by atoms with Crippen LogP contribution in [0.25, 0.3) is 0 Å². The van der Waals surface area contributed by atoms with Crippen LogP contribution in [0.4, 0.5) is 17.6 Å². The third-order valence-corrected chi connectivity index (χ3v) is 4.30. The summed E-state index contributed by atoms with van der Waals surface area (Å²) in [6, 6.07) is -0.390. The Morgan fingerprint density at radius 1 is 1.36 bits per heavy atom. The highest BCUT2D eigenvalue weighted by atomic mass is 19.4. The largest absolute Gasteiger partial charge is 0.433 e. The first kappa shape index (κ1) is 16.6. The Labute approximate surface area is 125 Å². The Hall–Kier alpha value is -1.80. The Balaban J connectivity index is 2.51. The topological polar surface area (TPSA) is 73.4 Å². The fourth-order valence-corrected chi connectivity index (χ4v) is 2.99. The molecule has 0 radical (unpaired) electrons. The molecular formula is C13H18F4N4O. The van der Waals surface area contributed by atoms with E-state index in [-0.39, 0.29) is 17.6 Å². The number of hydrogen-bond acceptors (Lipinski definition) is 3. The second-order valence-corrected chi connectivity index (χ2v) is 5.63. The highest BCUT2D eigenvalue weighted by Crippen LogP contribution is 2.40. The van der Waals surface area contributed by atoms with Crippen LogP contribution in [-0.2, 0) is 4.79 Å². The molecule has 124 valence electrons. The van der Waals surface area contributed by atoms with Crippen molar-refractivity contribution in [2.75, 3.05) is 13.6 Å². The molecule has 1 aliphatic carbocycles. The van der Waals surface area contributed by atoms with Gasteiger partial charge in [0, 0.05) is 19.3 Å². The monoisotopic (exact) mass is 322 g/mol. The minimum atomic E-state index is -5.36. The van der Waals surface area contributed by atoms with Gasteiger partial charge in [0.15, 0.2) is 0 Å². The van der Waals surface area contributed by atoms with Crippen molar-refractivity contribution in [2.45, 2.75) is 43.6 Å².